The van der Waals surface area contributed by atoms with Gasteiger partial charge in [-0.05, 0) is 17.7 Å². The van der Waals surface area contributed by atoms with Crippen molar-refractivity contribution >= 4 is 5.97 Å². The van der Waals surface area contributed by atoms with Crippen LogP contribution in [0.3, 0.4) is 0 Å². The predicted molar refractivity (Wildman–Crippen MR) is 76.9 cm³/mol. The maximum atomic E-state index is 13.6. The van der Waals surface area contributed by atoms with Gasteiger partial charge in [0.1, 0.15) is 12.4 Å². The SMILES string of the molecule is O=C(OCc1ccc(F)cc1)C(F)(F)C(F)(F)C(F)(F)C(F)(F)C(F)(F)C(F)(F)C(F)(F)C(F)(F)F. The second-order valence-electron chi connectivity index (χ2n) is 6.72. The lowest BCUT2D eigenvalue weighted by atomic mass is 9.89. The first kappa shape index (κ1) is 31.5. The number of rotatable bonds is 9. The van der Waals surface area contributed by atoms with Crippen molar-refractivity contribution in [3.63, 3.8) is 0 Å². The Morgan fingerprint density at radius 2 is 0.889 bits per heavy atom. The zero-order valence-corrected chi connectivity index (χ0v) is 16.1. The summed E-state index contributed by atoms with van der Waals surface area (Å²) >= 11 is 0. The van der Waals surface area contributed by atoms with Crippen LogP contribution in [0, 0.1) is 5.82 Å². The molecule has 0 saturated heterocycles. The van der Waals surface area contributed by atoms with Gasteiger partial charge in [0.15, 0.2) is 0 Å². The summed E-state index contributed by atoms with van der Waals surface area (Å²) in [7, 11) is 0. The van der Waals surface area contributed by atoms with Crippen molar-refractivity contribution in [3.05, 3.63) is 35.6 Å². The van der Waals surface area contributed by atoms with Gasteiger partial charge in [0.05, 0.1) is 0 Å². The molecule has 0 amide bonds. The minimum absolute atomic E-state index is 0.540. The molecule has 0 aliphatic rings. The zero-order chi connectivity index (χ0) is 29.0. The van der Waals surface area contributed by atoms with Gasteiger partial charge in [-0.15, -0.1) is 0 Å². The van der Waals surface area contributed by atoms with Crippen LogP contribution >= 0.6 is 0 Å². The third kappa shape index (κ3) is 4.39. The van der Waals surface area contributed by atoms with E-state index in [-0.39, 0.29) is 0 Å². The Balaban J connectivity index is 3.45. The van der Waals surface area contributed by atoms with Crippen LogP contribution in [-0.2, 0) is 16.1 Å². The minimum Gasteiger partial charge on any atom is -0.456 e. The van der Waals surface area contributed by atoms with E-state index in [1.165, 1.54) is 0 Å². The minimum atomic E-state index is -8.79. The van der Waals surface area contributed by atoms with Crippen molar-refractivity contribution in [2.75, 3.05) is 0 Å². The van der Waals surface area contributed by atoms with Crippen molar-refractivity contribution < 1.29 is 88.6 Å². The fourth-order valence-corrected chi connectivity index (χ4v) is 2.11. The summed E-state index contributed by atoms with van der Waals surface area (Å²) in [6.07, 6.45) is -7.86. The van der Waals surface area contributed by atoms with Crippen LogP contribution in [0.15, 0.2) is 24.3 Å². The molecule has 1 rings (SSSR count). The molecule has 0 aliphatic heterocycles. The fraction of sp³-hybridized carbons (Fsp3) is 0.562. The summed E-state index contributed by atoms with van der Waals surface area (Å²) in [6, 6.07) is 2.32. The zero-order valence-electron chi connectivity index (χ0n) is 16.1. The van der Waals surface area contributed by atoms with Crippen LogP contribution in [0.5, 0.6) is 0 Å². The van der Waals surface area contributed by atoms with Gasteiger partial charge in [0.25, 0.3) is 0 Å². The monoisotopic (exact) mass is 572 g/mol. The van der Waals surface area contributed by atoms with Gasteiger partial charge >= 0.3 is 53.6 Å². The van der Waals surface area contributed by atoms with Gasteiger partial charge in [-0.1, -0.05) is 12.1 Å². The van der Waals surface area contributed by atoms with E-state index in [9.17, 15) is 83.8 Å². The van der Waals surface area contributed by atoms with Gasteiger partial charge in [0.2, 0.25) is 0 Å². The molecule has 208 valence electrons. The third-order valence-electron chi connectivity index (χ3n) is 4.26. The van der Waals surface area contributed by atoms with Crippen molar-refractivity contribution in [2.45, 2.75) is 54.2 Å². The number of ether oxygens (including phenoxy) is 1. The average Bonchev–Trinajstić information content (AvgIpc) is 2.71. The van der Waals surface area contributed by atoms with Crippen LogP contribution < -0.4 is 0 Å². The summed E-state index contributed by atoms with van der Waals surface area (Å²) in [5.41, 5.74) is -0.540. The summed E-state index contributed by atoms with van der Waals surface area (Å²) in [6.45, 7) is -1.60. The molecule has 0 unspecified atom stereocenters. The second-order valence-corrected chi connectivity index (χ2v) is 6.72. The van der Waals surface area contributed by atoms with E-state index in [0.29, 0.717) is 24.3 Å². The lowest BCUT2D eigenvalue weighted by molar-refractivity contribution is -0.460. The molecule has 2 nitrogen and oxygen atoms in total. The molecule has 0 atom stereocenters. The van der Waals surface area contributed by atoms with Gasteiger partial charge < -0.3 is 4.74 Å². The Bertz CT molecular complexity index is 947. The van der Waals surface area contributed by atoms with Crippen molar-refractivity contribution in [2.24, 2.45) is 0 Å². The number of carbonyl (C=O) groups is 1. The molecule has 36 heavy (non-hydrogen) atoms. The van der Waals surface area contributed by atoms with Crippen LogP contribution in [0.25, 0.3) is 0 Å². The Hall–Kier alpha value is -2.57. The highest BCUT2D eigenvalue weighted by Crippen LogP contribution is 2.64. The van der Waals surface area contributed by atoms with Crippen molar-refractivity contribution in [1.82, 2.24) is 0 Å². The molecule has 0 fully saturated rings. The summed E-state index contributed by atoms with van der Waals surface area (Å²) < 4.78 is 239. The molecular formula is C16H6F18O2. The molecule has 1 aromatic carbocycles. The number of esters is 1. The molecule has 0 heterocycles. The van der Waals surface area contributed by atoms with E-state index in [1.54, 1.807) is 0 Å². The number of hydrogen-bond acceptors (Lipinski definition) is 2. The van der Waals surface area contributed by atoms with E-state index < -0.39 is 71.6 Å². The average molecular weight is 572 g/mol. The largest absolute Gasteiger partial charge is 0.460 e. The number of hydrogen-bond donors (Lipinski definition) is 0. The Labute approximate surface area is 185 Å². The molecule has 0 spiro atoms. The van der Waals surface area contributed by atoms with E-state index in [4.69, 9.17) is 0 Å². The Morgan fingerprint density at radius 3 is 1.25 bits per heavy atom. The van der Waals surface area contributed by atoms with Crippen LogP contribution in [0.4, 0.5) is 79.0 Å². The predicted octanol–water partition coefficient (Wildman–Crippen LogP) is 6.88. The van der Waals surface area contributed by atoms with Gasteiger partial charge in [0, 0.05) is 0 Å². The van der Waals surface area contributed by atoms with E-state index >= 15 is 0 Å². The number of halogens is 18. The highest BCUT2D eigenvalue weighted by molar-refractivity contribution is 5.79. The number of carbonyl (C=O) groups excluding carboxylic acids is 1. The number of benzene rings is 1. The topological polar surface area (TPSA) is 26.3 Å². The molecule has 0 N–H and O–H groups in total. The Morgan fingerprint density at radius 1 is 0.556 bits per heavy atom. The first-order valence-corrected chi connectivity index (χ1v) is 8.27. The maximum Gasteiger partial charge on any atom is 0.460 e. The van der Waals surface area contributed by atoms with Gasteiger partial charge in [-0.3, -0.25) is 0 Å². The van der Waals surface area contributed by atoms with Gasteiger partial charge in [-0.25, -0.2) is 9.18 Å². The maximum absolute atomic E-state index is 13.6. The number of alkyl halides is 17. The molecule has 0 aliphatic carbocycles. The van der Waals surface area contributed by atoms with E-state index in [0.717, 1.165) is 0 Å². The summed E-state index contributed by atoms with van der Waals surface area (Å²) in [5.74, 6) is -63.5. The lowest BCUT2D eigenvalue weighted by Crippen LogP contribution is -2.75. The van der Waals surface area contributed by atoms with Crippen molar-refractivity contribution in [1.29, 1.82) is 0 Å². The molecule has 0 bridgehead atoms. The molecule has 1 aromatic rings. The standard InChI is InChI=1S/C16H6F18O2/c17-7-3-1-6(2-4-7)5-36-8(35)9(18,19)10(20,21)11(22,23)12(24,25)13(26,27)14(28,29)15(30,31)16(32,33)34/h1-4H,5H2. The first-order valence-electron chi connectivity index (χ1n) is 8.27. The molecule has 20 heteroatoms. The van der Waals surface area contributed by atoms with Crippen LogP contribution in [-0.4, -0.2) is 53.6 Å². The molecule has 0 radical (unpaired) electrons. The first-order chi connectivity index (χ1) is 15.6. The third-order valence-corrected chi connectivity index (χ3v) is 4.26. The van der Waals surface area contributed by atoms with Crippen molar-refractivity contribution in [3.8, 4) is 0 Å². The van der Waals surface area contributed by atoms with Crippen LogP contribution in [0.2, 0.25) is 0 Å². The fourth-order valence-electron chi connectivity index (χ4n) is 2.11. The highest BCUT2D eigenvalue weighted by Gasteiger charge is 2.95. The highest BCUT2D eigenvalue weighted by atomic mass is 19.4. The van der Waals surface area contributed by atoms with E-state index in [1.807, 2.05) is 0 Å². The van der Waals surface area contributed by atoms with Crippen LogP contribution in [0.1, 0.15) is 5.56 Å². The van der Waals surface area contributed by atoms with E-state index in [2.05, 4.69) is 4.74 Å². The summed E-state index contributed by atoms with van der Waals surface area (Å²) in [5, 5.41) is 0. The molecular weight excluding hydrogens is 566 g/mol. The lowest BCUT2D eigenvalue weighted by Gasteiger charge is -2.42. The normalized spacial score (nSPS) is 15.2. The molecule has 0 aromatic heterocycles. The molecule has 0 saturated carbocycles. The van der Waals surface area contributed by atoms with Gasteiger partial charge in [-0.2, -0.15) is 74.6 Å². The second kappa shape index (κ2) is 8.77. The quantitative estimate of drug-likeness (QED) is 0.239. The Kier molecular flexibility index (Phi) is 7.67. The summed E-state index contributed by atoms with van der Waals surface area (Å²) in [4.78, 5) is 11.2. The smallest absolute Gasteiger partial charge is 0.456 e.